The summed E-state index contributed by atoms with van der Waals surface area (Å²) in [6.45, 7) is 5.06. The molecule has 0 amide bonds. The number of carbonyl (C=O) groups is 2. The fourth-order valence-corrected chi connectivity index (χ4v) is 3.20. The summed E-state index contributed by atoms with van der Waals surface area (Å²) in [7, 11) is 0. The highest BCUT2D eigenvalue weighted by Gasteiger charge is 2.38. The minimum absolute atomic E-state index is 0.0170. The number of nitrogens with one attached hydrogen (secondary N) is 1. The molecule has 3 rings (SSSR count). The standard InChI is InChI=1S/C18H20N4O5/c1-8(19)7-26-18(25)14-10(3)20-9(2)13(17(23)24)15(14)11-5-4-6-12-16(11)21-22-27-12/h4-6,8,15,20H,7,19H2,1-3H3,(H,23,24). The van der Waals surface area contributed by atoms with Crippen LogP contribution in [-0.4, -0.2) is 40.1 Å². The Balaban J connectivity index is 2.18. The minimum Gasteiger partial charge on any atom is -0.478 e. The van der Waals surface area contributed by atoms with Gasteiger partial charge in [-0.2, -0.15) is 0 Å². The van der Waals surface area contributed by atoms with Crippen LogP contribution in [0.4, 0.5) is 0 Å². The molecular weight excluding hydrogens is 352 g/mol. The van der Waals surface area contributed by atoms with Gasteiger partial charge in [0.25, 0.3) is 0 Å². The first kappa shape index (κ1) is 18.6. The van der Waals surface area contributed by atoms with Gasteiger partial charge in [0, 0.05) is 22.7 Å². The molecule has 27 heavy (non-hydrogen) atoms. The number of nitrogens with zero attached hydrogens (tertiary/aromatic N) is 2. The van der Waals surface area contributed by atoms with Crippen molar-refractivity contribution in [3.05, 3.63) is 46.3 Å². The molecule has 1 aliphatic heterocycles. The predicted molar refractivity (Wildman–Crippen MR) is 95.3 cm³/mol. The summed E-state index contributed by atoms with van der Waals surface area (Å²) in [6.07, 6.45) is 0. The molecule has 0 spiro atoms. The van der Waals surface area contributed by atoms with Crippen LogP contribution in [0.1, 0.15) is 32.3 Å². The molecule has 142 valence electrons. The number of fused-ring (bicyclic) bond motifs is 1. The van der Waals surface area contributed by atoms with E-state index in [-0.39, 0.29) is 23.8 Å². The van der Waals surface area contributed by atoms with Crippen molar-refractivity contribution in [2.75, 3.05) is 6.61 Å². The summed E-state index contributed by atoms with van der Waals surface area (Å²) in [4.78, 5) is 24.8. The third-order valence-electron chi connectivity index (χ3n) is 4.31. The Morgan fingerprint density at radius 1 is 1.33 bits per heavy atom. The number of nitrogens with two attached hydrogens (primary N) is 1. The highest BCUT2D eigenvalue weighted by molar-refractivity contribution is 6.00. The molecule has 1 aromatic carbocycles. The lowest BCUT2D eigenvalue weighted by Gasteiger charge is -2.29. The van der Waals surface area contributed by atoms with E-state index in [1.165, 1.54) is 0 Å². The average Bonchev–Trinajstić information content (AvgIpc) is 3.07. The zero-order valence-corrected chi connectivity index (χ0v) is 15.1. The number of carboxylic acid groups (broad SMARTS) is 1. The number of aromatic nitrogens is 2. The van der Waals surface area contributed by atoms with Crippen LogP contribution in [0, 0.1) is 0 Å². The topological polar surface area (TPSA) is 141 Å². The van der Waals surface area contributed by atoms with Crippen LogP contribution in [-0.2, 0) is 14.3 Å². The van der Waals surface area contributed by atoms with Crippen molar-refractivity contribution in [3.63, 3.8) is 0 Å². The Kier molecular flexibility index (Phi) is 4.95. The average molecular weight is 372 g/mol. The van der Waals surface area contributed by atoms with Crippen LogP contribution in [0.3, 0.4) is 0 Å². The number of aliphatic carboxylic acids is 1. The Morgan fingerprint density at radius 3 is 2.70 bits per heavy atom. The quantitative estimate of drug-likeness (QED) is 0.665. The van der Waals surface area contributed by atoms with Crippen LogP contribution in [0.25, 0.3) is 11.1 Å². The van der Waals surface area contributed by atoms with Gasteiger partial charge in [-0.1, -0.05) is 12.1 Å². The van der Waals surface area contributed by atoms with Crippen LogP contribution in [0.15, 0.2) is 45.3 Å². The predicted octanol–water partition coefficient (Wildman–Crippen LogP) is 1.43. The zero-order valence-electron chi connectivity index (χ0n) is 15.1. The van der Waals surface area contributed by atoms with Crippen molar-refractivity contribution < 1.29 is 24.0 Å². The highest BCUT2D eigenvalue weighted by atomic mass is 16.5. The van der Waals surface area contributed by atoms with Gasteiger partial charge in [-0.15, -0.1) is 5.10 Å². The number of hydrogen-bond donors (Lipinski definition) is 3. The number of carbonyl (C=O) groups excluding carboxylic acids is 1. The molecule has 2 aromatic rings. The number of benzene rings is 1. The van der Waals surface area contributed by atoms with E-state index in [4.69, 9.17) is 15.0 Å². The van der Waals surface area contributed by atoms with Gasteiger partial charge in [0.2, 0.25) is 0 Å². The summed E-state index contributed by atoms with van der Waals surface area (Å²) in [5.41, 5.74) is 8.11. The second-order valence-electron chi connectivity index (χ2n) is 6.48. The molecule has 2 unspecified atom stereocenters. The molecular formula is C18H20N4O5. The minimum atomic E-state index is -1.15. The van der Waals surface area contributed by atoms with Crippen molar-refractivity contribution in [1.29, 1.82) is 0 Å². The Morgan fingerprint density at radius 2 is 2.04 bits per heavy atom. The van der Waals surface area contributed by atoms with E-state index in [0.29, 0.717) is 28.1 Å². The Labute approximate surface area is 154 Å². The Hall–Kier alpha value is -3.20. The van der Waals surface area contributed by atoms with E-state index in [9.17, 15) is 14.7 Å². The highest BCUT2D eigenvalue weighted by Crippen LogP contribution is 2.40. The van der Waals surface area contributed by atoms with Gasteiger partial charge >= 0.3 is 11.9 Å². The molecule has 0 saturated heterocycles. The molecule has 0 radical (unpaired) electrons. The van der Waals surface area contributed by atoms with Gasteiger partial charge in [0.05, 0.1) is 17.1 Å². The molecule has 0 aliphatic carbocycles. The molecule has 1 aliphatic rings. The number of allylic oxidation sites excluding steroid dienone is 2. The number of rotatable bonds is 5. The molecule has 0 saturated carbocycles. The smallest absolute Gasteiger partial charge is 0.336 e. The normalized spacial score (nSPS) is 18.4. The summed E-state index contributed by atoms with van der Waals surface area (Å²) in [5.74, 6) is -2.68. The van der Waals surface area contributed by atoms with Crippen LogP contribution >= 0.6 is 0 Å². The van der Waals surface area contributed by atoms with Gasteiger partial charge in [-0.25, -0.2) is 9.59 Å². The molecule has 9 nitrogen and oxygen atoms in total. The van der Waals surface area contributed by atoms with Crippen LogP contribution in [0.2, 0.25) is 0 Å². The lowest BCUT2D eigenvalue weighted by Crippen LogP contribution is -2.33. The summed E-state index contributed by atoms with van der Waals surface area (Å²) in [5, 5.41) is 20.3. The van der Waals surface area contributed by atoms with E-state index in [1.54, 1.807) is 39.0 Å². The lowest BCUT2D eigenvalue weighted by atomic mass is 9.80. The maximum Gasteiger partial charge on any atom is 0.336 e. The molecule has 2 heterocycles. The van der Waals surface area contributed by atoms with E-state index in [0.717, 1.165) is 0 Å². The summed E-state index contributed by atoms with van der Waals surface area (Å²) >= 11 is 0. The maximum absolute atomic E-state index is 12.8. The first-order valence-electron chi connectivity index (χ1n) is 8.36. The third kappa shape index (κ3) is 3.41. The van der Waals surface area contributed by atoms with Gasteiger partial charge in [-0.3, -0.25) is 0 Å². The summed E-state index contributed by atoms with van der Waals surface area (Å²) < 4.78 is 10.4. The van der Waals surface area contributed by atoms with Crippen molar-refractivity contribution in [3.8, 4) is 0 Å². The van der Waals surface area contributed by atoms with Crippen molar-refractivity contribution >= 4 is 23.0 Å². The molecule has 1 aromatic heterocycles. The molecule has 9 heteroatoms. The van der Waals surface area contributed by atoms with E-state index >= 15 is 0 Å². The molecule has 0 bridgehead atoms. The van der Waals surface area contributed by atoms with Gasteiger partial charge < -0.3 is 25.4 Å². The number of ether oxygens (including phenoxy) is 1. The second kappa shape index (κ2) is 7.20. The van der Waals surface area contributed by atoms with Gasteiger partial charge in [0.15, 0.2) is 5.58 Å². The fraction of sp³-hybridized carbons (Fsp3) is 0.333. The van der Waals surface area contributed by atoms with E-state index in [1.807, 2.05) is 0 Å². The number of carboxylic acids is 1. The monoisotopic (exact) mass is 372 g/mol. The van der Waals surface area contributed by atoms with E-state index < -0.39 is 17.9 Å². The molecule has 4 N–H and O–H groups in total. The van der Waals surface area contributed by atoms with Crippen molar-refractivity contribution in [2.45, 2.75) is 32.7 Å². The van der Waals surface area contributed by atoms with Crippen molar-refractivity contribution in [2.24, 2.45) is 5.73 Å². The molecule has 2 atom stereocenters. The van der Waals surface area contributed by atoms with Crippen LogP contribution in [0.5, 0.6) is 0 Å². The lowest BCUT2D eigenvalue weighted by molar-refractivity contribution is -0.139. The van der Waals surface area contributed by atoms with Crippen molar-refractivity contribution in [1.82, 2.24) is 15.7 Å². The fourth-order valence-electron chi connectivity index (χ4n) is 3.20. The first-order chi connectivity index (χ1) is 12.8. The first-order valence-corrected chi connectivity index (χ1v) is 8.36. The van der Waals surface area contributed by atoms with Crippen LogP contribution < -0.4 is 11.1 Å². The van der Waals surface area contributed by atoms with E-state index in [2.05, 4.69) is 15.7 Å². The van der Waals surface area contributed by atoms with Gasteiger partial charge in [0.1, 0.15) is 12.1 Å². The maximum atomic E-state index is 12.8. The number of hydrogen-bond acceptors (Lipinski definition) is 8. The van der Waals surface area contributed by atoms with Gasteiger partial charge in [-0.05, 0) is 32.4 Å². The molecule has 0 fully saturated rings. The third-order valence-corrected chi connectivity index (χ3v) is 4.31. The number of esters is 1. The number of dihydropyridines is 1. The largest absolute Gasteiger partial charge is 0.478 e. The zero-order chi connectivity index (χ0) is 19.7. The summed E-state index contributed by atoms with van der Waals surface area (Å²) in [6, 6.07) is 4.72. The SMILES string of the molecule is CC1=C(C(=O)O)C(c2cccc3onnc23)C(C(=O)OCC(C)N)=C(C)N1. The second-order valence-corrected chi connectivity index (χ2v) is 6.48. The Bertz CT molecular complexity index is 973.